The van der Waals surface area contributed by atoms with Crippen LogP contribution in [-0.2, 0) is 4.43 Å². The van der Waals surface area contributed by atoms with Gasteiger partial charge in [-0.25, -0.2) is 0 Å². The molecule has 0 saturated carbocycles. The van der Waals surface area contributed by atoms with Gasteiger partial charge in [0.15, 0.2) is 0 Å². The van der Waals surface area contributed by atoms with Crippen LogP contribution in [0.5, 0.6) is 0 Å². The van der Waals surface area contributed by atoms with Crippen LogP contribution in [0.25, 0.3) is 6.08 Å². The van der Waals surface area contributed by atoms with Crippen molar-refractivity contribution in [2.24, 2.45) is 0 Å². The molecule has 0 bridgehead atoms. The monoisotopic (exact) mass is 338 g/mol. The van der Waals surface area contributed by atoms with Crippen LogP contribution in [0.4, 0.5) is 0 Å². The molecule has 0 atom stereocenters. The van der Waals surface area contributed by atoms with Gasteiger partial charge < -0.3 is 4.43 Å². The van der Waals surface area contributed by atoms with Gasteiger partial charge in [0.25, 0.3) is 0 Å². The second-order valence-electron chi connectivity index (χ2n) is 6.19. The quantitative estimate of drug-likeness (QED) is 0.374. The Kier molecular flexibility index (Phi) is 5.22. The number of rotatable bonds is 4. The van der Waals surface area contributed by atoms with E-state index in [1.54, 1.807) is 0 Å². The highest BCUT2D eigenvalue weighted by atomic mass is 79.9. The molecule has 1 nitrogen and oxygen atoms in total. The molecule has 0 N–H and O–H groups in total. The lowest BCUT2D eigenvalue weighted by Gasteiger charge is -2.37. The molecule has 1 aromatic rings. The number of allylic oxidation sites excluding steroid dienone is 1. The Labute approximate surface area is 126 Å². The van der Waals surface area contributed by atoms with Crippen molar-refractivity contribution in [2.45, 2.75) is 38.9 Å². The number of hydrogen-bond acceptors (Lipinski definition) is 1. The van der Waals surface area contributed by atoms with Gasteiger partial charge in [0.2, 0.25) is 8.32 Å². The fourth-order valence-electron chi connectivity index (χ4n) is 1.29. The molecule has 0 heterocycles. The molecular weight excluding hydrogens is 316 g/mol. The third-order valence-corrected chi connectivity index (χ3v) is 8.58. The zero-order valence-electron chi connectivity index (χ0n) is 12.5. The van der Waals surface area contributed by atoms with Crippen LogP contribution < -0.4 is 0 Å². The Hall–Kier alpha value is -0.803. The predicted octanol–water partition coefficient (Wildman–Crippen LogP) is 5.96. The molecule has 0 aliphatic carbocycles. The van der Waals surface area contributed by atoms with Crippen molar-refractivity contribution in [3.05, 3.63) is 52.7 Å². The third-order valence-electron chi connectivity index (χ3n) is 3.54. The summed E-state index contributed by atoms with van der Waals surface area (Å²) >= 11 is 3.56. The Bertz CT molecular complexity index is 469. The molecule has 0 spiro atoms. The molecule has 3 heteroatoms. The normalized spacial score (nSPS) is 13.3. The summed E-state index contributed by atoms with van der Waals surface area (Å²) < 4.78 is 7.07. The zero-order chi connectivity index (χ0) is 14.7. The summed E-state index contributed by atoms with van der Waals surface area (Å²) in [7, 11) is -1.82. The fourth-order valence-corrected chi connectivity index (χ4v) is 2.81. The van der Waals surface area contributed by atoms with Crippen LogP contribution in [-0.4, -0.2) is 8.32 Å². The maximum Gasteiger partial charge on any atom is 0.250 e. The average Bonchev–Trinajstić information content (AvgIpc) is 2.28. The Balaban J connectivity index is 2.82. The van der Waals surface area contributed by atoms with Crippen molar-refractivity contribution >= 4 is 30.3 Å². The molecule has 1 rings (SSSR count). The highest BCUT2D eigenvalue weighted by Crippen LogP contribution is 2.39. The maximum absolute atomic E-state index is 6.17. The molecule has 0 aliphatic heterocycles. The molecule has 0 saturated heterocycles. The van der Waals surface area contributed by atoms with Crippen molar-refractivity contribution < 1.29 is 4.43 Å². The first kappa shape index (κ1) is 16.3. The van der Waals surface area contributed by atoms with Gasteiger partial charge in [-0.3, -0.25) is 0 Å². The van der Waals surface area contributed by atoms with Gasteiger partial charge in [-0.1, -0.05) is 57.7 Å². The summed E-state index contributed by atoms with van der Waals surface area (Å²) in [4.78, 5) is 0. The van der Waals surface area contributed by atoms with Crippen molar-refractivity contribution in [3.63, 3.8) is 0 Å². The Morgan fingerprint density at radius 2 is 1.74 bits per heavy atom. The summed E-state index contributed by atoms with van der Waals surface area (Å²) in [6.07, 6.45) is 2.04. The van der Waals surface area contributed by atoms with Gasteiger partial charge in [-0.05, 0) is 45.7 Å². The second kappa shape index (κ2) is 6.10. The lowest BCUT2D eigenvalue weighted by molar-refractivity contribution is 0.401. The lowest BCUT2D eigenvalue weighted by atomic mass is 10.2. The highest BCUT2D eigenvalue weighted by molar-refractivity contribution is 9.12. The highest BCUT2D eigenvalue weighted by Gasteiger charge is 2.39. The summed E-state index contributed by atoms with van der Waals surface area (Å²) in [6.45, 7) is 15.2. The topological polar surface area (TPSA) is 9.23 Å². The van der Waals surface area contributed by atoms with Crippen LogP contribution >= 0.6 is 15.9 Å². The summed E-state index contributed by atoms with van der Waals surface area (Å²) in [5.74, 6) is 0.718. The van der Waals surface area contributed by atoms with Gasteiger partial charge in [0, 0.05) is 0 Å². The summed E-state index contributed by atoms with van der Waals surface area (Å²) in [5.41, 5.74) is 1.13. The van der Waals surface area contributed by atoms with Crippen molar-refractivity contribution in [2.75, 3.05) is 0 Å². The Morgan fingerprint density at radius 3 is 2.21 bits per heavy atom. The first-order valence-corrected chi connectivity index (χ1v) is 10.1. The van der Waals surface area contributed by atoms with E-state index < -0.39 is 8.32 Å². The molecule has 19 heavy (non-hydrogen) atoms. The molecule has 1 aromatic carbocycles. The predicted molar refractivity (Wildman–Crippen MR) is 90.8 cm³/mol. The summed E-state index contributed by atoms with van der Waals surface area (Å²) in [6, 6.07) is 10.2. The van der Waals surface area contributed by atoms with Crippen LogP contribution in [0.15, 0.2) is 47.2 Å². The third kappa shape index (κ3) is 4.66. The van der Waals surface area contributed by atoms with E-state index in [2.05, 4.69) is 68.5 Å². The second-order valence-corrected chi connectivity index (χ2v) is 11.8. The van der Waals surface area contributed by atoms with E-state index in [0.717, 1.165) is 15.8 Å². The van der Waals surface area contributed by atoms with Gasteiger partial charge in [-0.2, -0.15) is 0 Å². The lowest BCUT2D eigenvalue weighted by Crippen LogP contribution is -2.40. The number of hydrogen-bond donors (Lipinski definition) is 0. The van der Waals surface area contributed by atoms with Crippen LogP contribution in [0.1, 0.15) is 26.3 Å². The number of benzene rings is 1. The first-order chi connectivity index (χ1) is 8.63. The minimum Gasteiger partial charge on any atom is -0.543 e. The SMILES string of the molecule is C=C(O[Si](C)(C)C(C)(C)C)/C(Br)=C/c1ccccc1. The van der Waals surface area contributed by atoms with Crippen LogP contribution in [0, 0.1) is 0 Å². The minimum atomic E-state index is -1.82. The molecule has 0 aliphatic rings. The fraction of sp³-hybridized carbons (Fsp3) is 0.375. The van der Waals surface area contributed by atoms with Crippen molar-refractivity contribution in [1.29, 1.82) is 0 Å². The zero-order valence-corrected chi connectivity index (χ0v) is 15.0. The minimum absolute atomic E-state index is 0.177. The van der Waals surface area contributed by atoms with Crippen molar-refractivity contribution in [3.8, 4) is 0 Å². The van der Waals surface area contributed by atoms with E-state index in [0.29, 0.717) is 0 Å². The van der Waals surface area contributed by atoms with E-state index in [9.17, 15) is 0 Å². The van der Waals surface area contributed by atoms with Gasteiger partial charge in [-0.15, -0.1) is 0 Å². The van der Waals surface area contributed by atoms with Crippen molar-refractivity contribution in [1.82, 2.24) is 0 Å². The van der Waals surface area contributed by atoms with E-state index in [-0.39, 0.29) is 5.04 Å². The Morgan fingerprint density at radius 1 is 1.21 bits per heavy atom. The largest absolute Gasteiger partial charge is 0.543 e. The summed E-state index contributed by atoms with van der Waals surface area (Å²) in [5, 5.41) is 0.177. The van der Waals surface area contributed by atoms with Crippen LogP contribution in [0.2, 0.25) is 18.1 Å². The smallest absolute Gasteiger partial charge is 0.250 e. The molecule has 104 valence electrons. The molecule has 0 amide bonds. The molecular formula is C16H23BrOSi. The molecule has 0 unspecified atom stereocenters. The number of halogens is 1. The van der Waals surface area contributed by atoms with Gasteiger partial charge in [0.05, 0.1) is 4.48 Å². The molecule has 0 radical (unpaired) electrons. The van der Waals surface area contributed by atoms with Gasteiger partial charge in [0.1, 0.15) is 5.76 Å². The van der Waals surface area contributed by atoms with Gasteiger partial charge >= 0.3 is 0 Å². The average molecular weight is 339 g/mol. The maximum atomic E-state index is 6.17. The van der Waals surface area contributed by atoms with E-state index in [4.69, 9.17) is 4.43 Å². The van der Waals surface area contributed by atoms with E-state index in [1.807, 2.05) is 24.3 Å². The van der Waals surface area contributed by atoms with Crippen LogP contribution in [0.3, 0.4) is 0 Å². The van der Waals surface area contributed by atoms with E-state index in [1.165, 1.54) is 0 Å². The molecule has 0 aromatic heterocycles. The standard InChI is InChI=1S/C16H23BrOSi/c1-13(18-19(5,6)16(2,3)4)15(17)12-14-10-8-7-9-11-14/h7-12H,1H2,2-6H3/b15-12-. The molecule has 0 fully saturated rings. The van der Waals surface area contributed by atoms with E-state index >= 15 is 0 Å². The first-order valence-electron chi connectivity index (χ1n) is 6.44.